The molecule has 2 aromatic rings. The predicted octanol–water partition coefficient (Wildman–Crippen LogP) is 3.24. The van der Waals surface area contributed by atoms with Crippen molar-refractivity contribution >= 4 is 5.91 Å². The number of hydrogen-bond donors (Lipinski definition) is 1. The maximum atomic E-state index is 12.1. The summed E-state index contributed by atoms with van der Waals surface area (Å²) >= 11 is 0. The molecule has 1 aliphatic carbocycles. The Morgan fingerprint density at radius 3 is 2.70 bits per heavy atom. The van der Waals surface area contributed by atoms with Gasteiger partial charge < -0.3 is 9.88 Å². The summed E-state index contributed by atoms with van der Waals surface area (Å²) in [6, 6.07) is 8.33. The molecule has 0 atom stereocenters. The minimum atomic E-state index is 0.0791. The van der Waals surface area contributed by atoms with Crippen molar-refractivity contribution in [3.63, 3.8) is 0 Å². The van der Waals surface area contributed by atoms with Crippen LogP contribution in [0, 0.1) is 0 Å². The fourth-order valence-corrected chi connectivity index (χ4v) is 2.80. The maximum absolute atomic E-state index is 12.1. The van der Waals surface area contributed by atoms with Gasteiger partial charge in [0.05, 0.1) is 6.42 Å². The highest BCUT2D eigenvalue weighted by Crippen LogP contribution is 2.38. The third-order valence-electron chi connectivity index (χ3n) is 4.38. The molecule has 1 aliphatic rings. The smallest absolute Gasteiger partial charge is 0.224 e. The summed E-state index contributed by atoms with van der Waals surface area (Å²) in [5.74, 6) is 2.41. The average molecular weight is 311 g/mol. The van der Waals surface area contributed by atoms with E-state index in [1.807, 2.05) is 12.4 Å². The van der Waals surface area contributed by atoms with E-state index in [9.17, 15) is 4.79 Å². The lowest BCUT2D eigenvalue weighted by Gasteiger charge is -2.09. The Morgan fingerprint density at radius 1 is 1.30 bits per heavy atom. The second kappa shape index (κ2) is 6.99. The molecule has 1 aromatic carbocycles. The minimum absolute atomic E-state index is 0.0791. The number of carbonyl (C=O) groups is 1. The first-order valence-corrected chi connectivity index (χ1v) is 8.50. The fourth-order valence-electron chi connectivity index (χ4n) is 2.80. The average Bonchev–Trinajstić information content (AvgIpc) is 3.27. The Labute approximate surface area is 137 Å². The summed E-state index contributed by atoms with van der Waals surface area (Å²) in [5.41, 5.74) is 2.37. The van der Waals surface area contributed by atoms with E-state index in [1.54, 1.807) is 0 Å². The number of nitrogens with zero attached hydrogens (tertiary/aromatic N) is 2. The predicted molar refractivity (Wildman–Crippen MR) is 91.4 cm³/mol. The molecule has 0 bridgehead atoms. The highest BCUT2D eigenvalue weighted by Gasteiger charge is 2.27. The molecule has 0 saturated heterocycles. The van der Waals surface area contributed by atoms with Gasteiger partial charge in [-0.05, 0) is 29.9 Å². The summed E-state index contributed by atoms with van der Waals surface area (Å²) in [4.78, 5) is 16.5. The quantitative estimate of drug-likeness (QED) is 0.853. The van der Waals surface area contributed by atoms with Crippen LogP contribution in [0.15, 0.2) is 36.7 Å². The van der Waals surface area contributed by atoms with Gasteiger partial charge in [-0.2, -0.15) is 0 Å². The van der Waals surface area contributed by atoms with Crippen LogP contribution in [0.1, 0.15) is 55.5 Å². The molecule has 4 nitrogen and oxygen atoms in total. The van der Waals surface area contributed by atoms with Crippen LogP contribution in [0.4, 0.5) is 0 Å². The molecule has 1 aromatic heterocycles. The van der Waals surface area contributed by atoms with Crippen molar-refractivity contribution < 1.29 is 4.79 Å². The first-order chi connectivity index (χ1) is 11.1. The Morgan fingerprint density at radius 2 is 2.04 bits per heavy atom. The number of aromatic nitrogens is 2. The second-order valence-electron chi connectivity index (χ2n) is 6.68. The molecule has 1 fully saturated rings. The summed E-state index contributed by atoms with van der Waals surface area (Å²) in [6.45, 7) is 5.80. The van der Waals surface area contributed by atoms with Gasteiger partial charge in [0.2, 0.25) is 5.91 Å². The molecule has 0 aliphatic heterocycles. The molecule has 122 valence electrons. The van der Waals surface area contributed by atoms with E-state index in [4.69, 9.17) is 0 Å². The van der Waals surface area contributed by atoms with Gasteiger partial charge in [0.15, 0.2) is 0 Å². The summed E-state index contributed by atoms with van der Waals surface area (Å²) in [7, 11) is 0. The SMILES string of the molecule is CC(C)c1ccc(CC(=O)NCCn2ccnc2C2CC2)cc1. The van der Waals surface area contributed by atoms with E-state index in [0.717, 1.165) is 12.1 Å². The van der Waals surface area contributed by atoms with Crippen molar-refractivity contribution in [2.75, 3.05) is 6.54 Å². The molecule has 1 N–H and O–H groups in total. The number of benzene rings is 1. The largest absolute Gasteiger partial charge is 0.354 e. The van der Waals surface area contributed by atoms with Gasteiger partial charge in [0.25, 0.3) is 0 Å². The molecule has 1 saturated carbocycles. The van der Waals surface area contributed by atoms with E-state index < -0.39 is 0 Å². The normalized spacial score (nSPS) is 14.2. The summed E-state index contributed by atoms with van der Waals surface area (Å²) in [5, 5.41) is 3.01. The van der Waals surface area contributed by atoms with Crippen molar-refractivity contribution in [1.29, 1.82) is 0 Å². The highest BCUT2D eigenvalue weighted by molar-refractivity contribution is 5.78. The summed E-state index contributed by atoms with van der Waals surface area (Å²) < 4.78 is 2.16. The Bertz CT molecular complexity index is 654. The van der Waals surface area contributed by atoms with Gasteiger partial charge in [-0.1, -0.05) is 38.1 Å². The van der Waals surface area contributed by atoms with Crippen LogP contribution in [0.3, 0.4) is 0 Å². The van der Waals surface area contributed by atoms with Crippen LogP contribution in [0.2, 0.25) is 0 Å². The third kappa shape index (κ3) is 4.21. The molecule has 4 heteroatoms. The number of imidazole rings is 1. The van der Waals surface area contributed by atoms with Gasteiger partial charge in [-0.3, -0.25) is 4.79 Å². The van der Waals surface area contributed by atoms with Crippen molar-refractivity contribution in [3.05, 3.63) is 53.6 Å². The fraction of sp³-hybridized carbons (Fsp3) is 0.474. The number of rotatable bonds is 7. The number of hydrogen-bond acceptors (Lipinski definition) is 2. The number of nitrogens with one attached hydrogen (secondary N) is 1. The van der Waals surface area contributed by atoms with Crippen molar-refractivity contribution in [2.24, 2.45) is 0 Å². The van der Waals surface area contributed by atoms with Gasteiger partial charge in [-0.25, -0.2) is 4.98 Å². The lowest BCUT2D eigenvalue weighted by molar-refractivity contribution is -0.120. The first-order valence-electron chi connectivity index (χ1n) is 8.50. The second-order valence-corrected chi connectivity index (χ2v) is 6.68. The Hall–Kier alpha value is -2.10. The minimum Gasteiger partial charge on any atom is -0.354 e. The molecule has 0 unspecified atom stereocenters. The lowest BCUT2D eigenvalue weighted by Crippen LogP contribution is -2.28. The van der Waals surface area contributed by atoms with Crippen LogP contribution in [-0.4, -0.2) is 22.0 Å². The Kier molecular flexibility index (Phi) is 4.79. The molecule has 0 spiro atoms. The molecule has 1 heterocycles. The third-order valence-corrected chi connectivity index (χ3v) is 4.38. The molecule has 3 rings (SSSR count). The van der Waals surface area contributed by atoms with Gasteiger partial charge in [0, 0.05) is 31.4 Å². The van der Waals surface area contributed by atoms with E-state index in [-0.39, 0.29) is 5.91 Å². The zero-order valence-electron chi connectivity index (χ0n) is 14.0. The van der Waals surface area contributed by atoms with Crippen LogP contribution in [0.25, 0.3) is 0 Å². The van der Waals surface area contributed by atoms with Crippen LogP contribution in [-0.2, 0) is 17.8 Å². The van der Waals surface area contributed by atoms with Gasteiger partial charge in [0.1, 0.15) is 5.82 Å². The van der Waals surface area contributed by atoms with E-state index in [2.05, 4.69) is 53.0 Å². The zero-order valence-corrected chi connectivity index (χ0v) is 14.0. The van der Waals surface area contributed by atoms with Crippen LogP contribution in [0.5, 0.6) is 0 Å². The van der Waals surface area contributed by atoms with E-state index >= 15 is 0 Å². The van der Waals surface area contributed by atoms with Gasteiger partial charge in [-0.15, -0.1) is 0 Å². The molecule has 1 amide bonds. The van der Waals surface area contributed by atoms with E-state index in [1.165, 1.54) is 24.2 Å². The lowest BCUT2D eigenvalue weighted by atomic mass is 10.0. The monoisotopic (exact) mass is 311 g/mol. The highest BCUT2D eigenvalue weighted by atomic mass is 16.1. The first kappa shape index (κ1) is 15.8. The zero-order chi connectivity index (χ0) is 16.2. The Balaban J connectivity index is 1.45. The standard InChI is InChI=1S/C19H25N3O/c1-14(2)16-5-3-15(4-6-16)13-18(23)20-9-11-22-12-10-21-19(22)17-7-8-17/h3-6,10,12,14,17H,7-9,11,13H2,1-2H3,(H,20,23). The molecule has 0 radical (unpaired) electrons. The maximum Gasteiger partial charge on any atom is 0.224 e. The van der Waals surface area contributed by atoms with Crippen LogP contribution < -0.4 is 5.32 Å². The number of carbonyl (C=O) groups excluding carboxylic acids is 1. The molecular weight excluding hydrogens is 286 g/mol. The van der Waals surface area contributed by atoms with Crippen LogP contribution >= 0.6 is 0 Å². The molecular formula is C19H25N3O. The molecule has 23 heavy (non-hydrogen) atoms. The van der Waals surface area contributed by atoms with Crippen molar-refractivity contribution in [1.82, 2.24) is 14.9 Å². The van der Waals surface area contributed by atoms with Crippen molar-refractivity contribution in [2.45, 2.75) is 51.5 Å². The van der Waals surface area contributed by atoms with E-state index in [0.29, 0.717) is 24.8 Å². The van der Waals surface area contributed by atoms with Gasteiger partial charge >= 0.3 is 0 Å². The van der Waals surface area contributed by atoms with Crippen molar-refractivity contribution in [3.8, 4) is 0 Å². The topological polar surface area (TPSA) is 46.9 Å². The number of amides is 1. The summed E-state index contributed by atoms with van der Waals surface area (Å²) in [6.07, 6.45) is 6.79.